The Balaban J connectivity index is 2.41. The standard InChI is InChI=1S/C14H26N4O3/c1-10(2)17-12(19)9-16-14(15-3)18-7-5-11(6-8-18)13(20)21-4/h10-11H,5-9H2,1-4H3,(H,15,16)(H,17,19). The topological polar surface area (TPSA) is 83.0 Å². The van der Waals surface area contributed by atoms with E-state index in [1.807, 2.05) is 13.8 Å². The van der Waals surface area contributed by atoms with Crippen molar-refractivity contribution in [2.75, 3.05) is 33.8 Å². The van der Waals surface area contributed by atoms with Crippen LogP contribution in [0.5, 0.6) is 0 Å². The smallest absolute Gasteiger partial charge is 0.308 e. The third-order valence-electron chi connectivity index (χ3n) is 3.40. The van der Waals surface area contributed by atoms with Gasteiger partial charge in [0.05, 0.1) is 19.6 Å². The maximum atomic E-state index is 11.6. The molecule has 2 N–H and O–H groups in total. The molecular formula is C14H26N4O3. The number of rotatable bonds is 4. The number of hydrogen-bond acceptors (Lipinski definition) is 4. The molecule has 1 rings (SSSR count). The van der Waals surface area contributed by atoms with Crippen LogP contribution in [0.1, 0.15) is 26.7 Å². The Morgan fingerprint density at radius 1 is 1.33 bits per heavy atom. The van der Waals surface area contributed by atoms with E-state index in [0.29, 0.717) is 5.96 Å². The first-order valence-electron chi connectivity index (χ1n) is 7.30. The molecular weight excluding hydrogens is 272 g/mol. The number of piperidine rings is 1. The number of guanidine groups is 1. The number of nitrogens with one attached hydrogen (secondary N) is 2. The number of carbonyl (C=O) groups is 2. The van der Waals surface area contributed by atoms with E-state index in [1.54, 1.807) is 7.05 Å². The minimum Gasteiger partial charge on any atom is -0.469 e. The number of esters is 1. The molecule has 0 aliphatic carbocycles. The fraction of sp³-hybridized carbons (Fsp3) is 0.786. The molecule has 1 heterocycles. The second kappa shape index (κ2) is 8.49. The lowest BCUT2D eigenvalue weighted by Crippen LogP contribution is -2.49. The molecule has 0 aromatic heterocycles. The highest BCUT2D eigenvalue weighted by molar-refractivity contribution is 5.86. The van der Waals surface area contributed by atoms with Gasteiger partial charge in [0.2, 0.25) is 5.91 Å². The lowest BCUT2D eigenvalue weighted by atomic mass is 9.97. The maximum Gasteiger partial charge on any atom is 0.308 e. The highest BCUT2D eigenvalue weighted by atomic mass is 16.5. The van der Waals surface area contributed by atoms with Gasteiger partial charge in [-0.1, -0.05) is 0 Å². The first-order valence-corrected chi connectivity index (χ1v) is 7.30. The number of amides is 1. The predicted octanol–water partition coefficient (Wildman–Crippen LogP) is -0.0286. The molecule has 0 aromatic rings. The first-order chi connectivity index (χ1) is 9.97. The summed E-state index contributed by atoms with van der Waals surface area (Å²) in [7, 11) is 3.11. The summed E-state index contributed by atoms with van der Waals surface area (Å²) in [4.78, 5) is 29.4. The Morgan fingerprint density at radius 3 is 2.43 bits per heavy atom. The highest BCUT2D eigenvalue weighted by Gasteiger charge is 2.27. The van der Waals surface area contributed by atoms with Crippen molar-refractivity contribution in [2.45, 2.75) is 32.7 Å². The third kappa shape index (κ3) is 5.61. The zero-order chi connectivity index (χ0) is 15.8. The van der Waals surface area contributed by atoms with Gasteiger partial charge in [0, 0.05) is 26.2 Å². The summed E-state index contributed by atoms with van der Waals surface area (Å²) >= 11 is 0. The number of ether oxygens (including phenoxy) is 1. The minimum atomic E-state index is -0.145. The quantitative estimate of drug-likeness (QED) is 0.433. The molecule has 0 aromatic carbocycles. The Morgan fingerprint density at radius 2 is 1.95 bits per heavy atom. The maximum absolute atomic E-state index is 11.6. The van der Waals surface area contributed by atoms with Gasteiger partial charge in [0.15, 0.2) is 5.96 Å². The molecule has 0 atom stereocenters. The number of aliphatic imine (C=N–C) groups is 1. The molecule has 0 bridgehead atoms. The largest absolute Gasteiger partial charge is 0.469 e. The summed E-state index contributed by atoms with van der Waals surface area (Å²) in [6.07, 6.45) is 1.48. The lowest BCUT2D eigenvalue weighted by molar-refractivity contribution is -0.146. The first kappa shape index (κ1) is 17.3. The van der Waals surface area contributed by atoms with E-state index in [-0.39, 0.29) is 30.4 Å². The summed E-state index contributed by atoms with van der Waals surface area (Å²) in [5.41, 5.74) is 0. The molecule has 0 radical (unpaired) electrons. The molecule has 21 heavy (non-hydrogen) atoms. The van der Waals surface area contributed by atoms with Crippen LogP contribution in [0.3, 0.4) is 0 Å². The molecule has 1 saturated heterocycles. The van der Waals surface area contributed by atoms with E-state index in [4.69, 9.17) is 4.74 Å². The van der Waals surface area contributed by atoms with Crippen LogP contribution in [0.25, 0.3) is 0 Å². The monoisotopic (exact) mass is 298 g/mol. The van der Waals surface area contributed by atoms with Gasteiger partial charge < -0.3 is 20.3 Å². The predicted molar refractivity (Wildman–Crippen MR) is 81.0 cm³/mol. The van der Waals surface area contributed by atoms with Crippen LogP contribution >= 0.6 is 0 Å². The Labute approximate surface area is 126 Å². The molecule has 1 amide bonds. The number of likely N-dealkylation sites (tertiary alicyclic amines) is 1. The van der Waals surface area contributed by atoms with Gasteiger partial charge in [-0.2, -0.15) is 0 Å². The average Bonchev–Trinajstić information content (AvgIpc) is 2.47. The van der Waals surface area contributed by atoms with Crippen LogP contribution in [0.15, 0.2) is 4.99 Å². The van der Waals surface area contributed by atoms with Crippen LogP contribution in [-0.4, -0.2) is 62.6 Å². The Hall–Kier alpha value is -1.79. The van der Waals surface area contributed by atoms with Crippen LogP contribution < -0.4 is 10.6 Å². The molecule has 7 heteroatoms. The molecule has 7 nitrogen and oxygen atoms in total. The fourth-order valence-corrected chi connectivity index (χ4v) is 2.36. The van der Waals surface area contributed by atoms with E-state index < -0.39 is 0 Å². The highest BCUT2D eigenvalue weighted by Crippen LogP contribution is 2.18. The van der Waals surface area contributed by atoms with Gasteiger partial charge in [-0.15, -0.1) is 0 Å². The number of hydrogen-bond donors (Lipinski definition) is 2. The van der Waals surface area contributed by atoms with Gasteiger partial charge in [0.25, 0.3) is 0 Å². The molecule has 1 aliphatic rings. The van der Waals surface area contributed by atoms with Gasteiger partial charge in [0.1, 0.15) is 0 Å². The van der Waals surface area contributed by atoms with Gasteiger partial charge in [-0.3, -0.25) is 14.6 Å². The lowest BCUT2D eigenvalue weighted by Gasteiger charge is -2.33. The van der Waals surface area contributed by atoms with Crippen molar-refractivity contribution in [3.63, 3.8) is 0 Å². The number of nitrogens with zero attached hydrogens (tertiary/aromatic N) is 2. The molecule has 0 unspecified atom stereocenters. The second-order valence-electron chi connectivity index (χ2n) is 5.41. The number of carbonyl (C=O) groups excluding carboxylic acids is 2. The van der Waals surface area contributed by atoms with E-state index in [9.17, 15) is 9.59 Å². The van der Waals surface area contributed by atoms with Crippen molar-refractivity contribution in [3.05, 3.63) is 0 Å². The third-order valence-corrected chi connectivity index (χ3v) is 3.40. The van der Waals surface area contributed by atoms with Gasteiger partial charge in [-0.05, 0) is 26.7 Å². The zero-order valence-corrected chi connectivity index (χ0v) is 13.3. The Bertz CT molecular complexity index is 388. The van der Waals surface area contributed by atoms with Crippen molar-refractivity contribution in [1.29, 1.82) is 0 Å². The zero-order valence-electron chi connectivity index (χ0n) is 13.3. The van der Waals surface area contributed by atoms with E-state index in [0.717, 1.165) is 25.9 Å². The SMILES string of the molecule is CN=C(NCC(=O)NC(C)C)N1CCC(C(=O)OC)CC1. The van der Waals surface area contributed by atoms with Crippen LogP contribution in [0.2, 0.25) is 0 Å². The van der Waals surface area contributed by atoms with Crippen LogP contribution in [-0.2, 0) is 14.3 Å². The van der Waals surface area contributed by atoms with E-state index in [1.165, 1.54) is 7.11 Å². The van der Waals surface area contributed by atoms with Gasteiger partial charge in [-0.25, -0.2) is 0 Å². The normalized spacial score (nSPS) is 16.8. The van der Waals surface area contributed by atoms with Crippen molar-refractivity contribution < 1.29 is 14.3 Å². The van der Waals surface area contributed by atoms with E-state index in [2.05, 4.69) is 20.5 Å². The summed E-state index contributed by atoms with van der Waals surface area (Å²) in [6.45, 7) is 5.49. The molecule has 0 spiro atoms. The Kier molecular flexibility index (Phi) is 6.98. The van der Waals surface area contributed by atoms with Crippen molar-refractivity contribution in [1.82, 2.24) is 15.5 Å². The number of methoxy groups -OCH3 is 1. The second-order valence-corrected chi connectivity index (χ2v) is 5.41. The molecule has 120 valence electrons. The molecule has 0 saturated carbocycles. The summed E-state index contributed by atoms with van der Waals surface area (Å²) in [5.74, 6) is 0.454. The van der Waals surface area contributed by atoms with Crippen molar-refractivity contribution in [2.24, 2.45) is 10.9 Å². The summed E-state index contributed by atoms with van der Waals surface area (Å²) < 4.78 is 4.77. The van der Waals surface area contributed by atoms with Crippen LogP contribution in [0.4, 0.5) is 0 Å². The van der Waals surface area contributed by atoms with Gasteiger partial charge >= 0.3 is 5.97 Å². The molecule has 1 aliphatic heterocycles. The molecule has 1 fully saturated rings. The summed E-state index contributed by atoms with van der Waals surface area (Å²) in [6, 6.07) is 0.122. The van der Waals surface area contributed by atoms with Crippen molar-refractivity contribution >= 4 is 17.8 Å². The fourth-order valence-electron chi connectivity index (χ4n) is 2.36. The average molecular weight is 298 g/mol. The van der Waals surface area contributed by atoms with E-state index >= 15 is 0 Å². The van der Waals surface area contributed by atoms with Crippen LogP contribution in [0, 0.1) is 5.92 Å². The summed E-state index contributed by atoms with van der Waals surface area (Å²) in [5, 5.41) is 5.87. The van der Waals surface area contributed by atoms with Crippen molar-refractivity contribution in [3.8, 4) is 0 Å². The minimum absolute atomic E-state index is 0.0337.